The van der Waals surface area contributed by atoms with E-state index in [0.29, 0.717) is 32.7 Å². The van der Waals surface area contributed by atoms with E-state index in [4.69, 9.17) is 27.9 Å². The van der Waals surface area contributed by atoms with Crippen LogP contribution in [0.25, 0.3) is 22.4 Å². The molecule has 174 valence electrons. The summed E-state index contributed by atoms with van der Waals surface area (Å²) in [4.78, 5) is 28.9. The molecule has 1 N–H and O–H groups in total. The molecule has 10 heteroatoms. The summed E-state index contributed by atoms with van der Waals surface area (Å²) in [5, 5.41) is 3.95. The van der Waals surface area contributed by atoms with Crippen molar-refractivity contribution in [3.63, 3.8) is 0 Å². The lowest BCUT2D eigenvalue weighted by Crippen LogP contribution is -2.36. The maximum atomic E-state index is 13.1. The molecule has 0 unspecified atom stereocenters. The standard InChI is InChI=1S/C24H22Cl2N6O2/c1-14-3-8-17(25)19(20(14)26)21-23(33)31(2)22-18(29-21)13-27-24(30-22)28-15-4-6-16(7-5-15)32-9-11-34-12-10-32/h3-8,13H,9-12H2,1-2H3,(H,27,28,30). The first-order valence-corrected chi connectivity index (χ1v) is 11.6. The second-order valence-corrected chi connectivity index (χ2v) is 8.84. The highest BCUT2D eigenvalue weighted by Crippen LogP contribution is 2.34. The van der Waals surface area contributed by atoms with E-state index in [1.807, 2.05) is 31.2 Å². The van der Waals surface area contributed by atoms with E-state index in [1.165, 1.54) is 4.57 Å². The van der Waals surface area contributed by atoms with E-state index < -0.39 is 0 Å². The van der Waals surface area contributed by atoms with Crippen molar-refractivity contribution in [3.05, 3.63) is 68.6 Å². The van der Waals surface area contributed by atoms with Gasteiger partial charge in [-0.05, 0) is 42.8 Å². The molecule has 1 aliphatic rings. The number of aryl methyl sites for hydroxylation is 2. The third-order valence-corrected chi connectivity index (χ3v) is 6.63. The van der Waals surface area contributed by atoms with Crippen molar-refractivity contribution in [2.75, 3.05) is 36.5 Å². The first-order chi connectivity index (χ1) is 16.4. The van der Waals surface area contributed by atoms with Gasteiger partial charge in [0.05, 0.1) is 29.5 Å². The number of hydrogen-bond acceptors (Lipinski definition) is 7. The average molecular weight is 497 g/mol. The van der Waals surface area contributed by atoms with Crippen LogP contribution in [0, 0.1) is 6.92 Å². The molecule has 2 aromatic heterocycles. The number of benzene rings is 2. The molecule has 1 aliphatic heterocycles. The van der Waals surface area contributed by atoms with E-state index in [0.717, 1.165) is 43.2 Å². The molecule has 0 amide bonds. The SMILES string of the molecule is Cc1ccc(Cl)c(-c2nc3cnc(Nc4ccc(N5CCOCC5)cc4)nc3n(C)c2=O)c1Cl. The van der Waals surface area contributed by atoms with Crippen molar-refractivity contribution in [2.45, 2.75) is 6.92 Å². The Labute approximate surface area is 206 Å². The van der Waals surface area contributed by atoms with Gasteiger partial charge in [-0.3, -0.25) is 9.36 Å². The van der Waals surface area contributed by atoms with Crippen molar-refractivity contribution < 1.29 is 4.74 Å². The summed E-state index contributed by atoms with van der Waals surface area (Å²) < 4.78 is 6.84. The molecule has 0 spiro atoms. The third kappa shape index (κ3) is 4.20. The summed E-state index contributed by atoms with van der Waals surface area (Å²) in [6.07, 6.45) is 1.58. The fourth-order valence-corrected chi connectivity index (χ4v) is 4.47. The molecule has 2 aromatic carbocycles. The minimum Gasteiger partial charge on any atom is -0.378 e. The van der Waals surface area contributed by atoms with Crippen molar-refractivity contribution >= 4 is 51.7 Å². The van der Waals surface area contributed by atoms with E-state index in [1.54, 1.807) is 25.4 Å². The van der Waals surface area contributed by atoms with Gasteiger partial charge in [-0.25, -0.2) is 9.97 Å². The Morgan fingerprint density at radius 2 is 1.76 bits per heavy atom. The van der Waals surface area contributed by atoms with Gasteiger partial charge in [-0.1, -0.05) is 29.3 Å². The minimum absolute atomic E-state index is 0.164. The molecule has 5 rings (SSSR count). The van der Waals surface area contributed by atoms with Gasteiger partial charge < -0.3 is 15.0 Å². The number of halogens is 2. The maximum Gasteiger partial charge on any atom is 0.278 e. The zero-order valence-corrected chi connectivity index (χ0v) is 20.2. The lowest BCUT2D eigenvalue weighted by molar-refractivity contribution is 0.122. The van der Waals surface area contributed by atoms with Gasteiger partial charge in [-0.15, -0.1) is 0 Å². The van der Waals surface area contributed by atoms with Crippen LogP contribution >= 0.6 is 23.2 Å². The molecule has 4 aromatic rings. The lowest BCUT2D eigenvalue weighted by atomic mass is 10.1. The molecule has 0 saturated carbocycles. The normalized spacial score (nSPS) is 13.9. The molecule has 0 aliphatic carbocycles. The number of nitrogens with zero attached hydrogens (tertiary/aromatic N) is 5. The summed E-state index contributed by atoms with van der Waals surface area (Å²) in [5.74, 6) is 0.364. The Balaban J connectivity index is 1.46. The maximum absolute atomic E-state index is 13.1. The quantitative estimate of drug-likeness (QED) is 0.442. The minimum atomic E-state index is -0.346. The van der Waals surface area contributed by atoms with E-state index in [2.05, 4.69) is 25.2 Å². The van der Waals surface area contributed by atoms with Crippen molar-refractivity contribution in [3.8, 4) is 11.3 Å². The fourth-order valence-electron chi connectivity index (χ4n) is 3.92. The molecule has 0 atom stereocenters. The number of hydrogen-bond donors (Lipinski definition) is 1. The second kappa shape index (κ2) is 9.21. The Morgan fingerprint density at radius 1 is 1.03 bits per heavy atom. The topological polar surface area (TPSA) is 85.2 Å². The highest BCUT2D eigenvalue weighted by atomic mass is 35.5. The smallest absolute Gasteiger partial charge is 0.278 e. The molecule has 34 heavy (non-hydrogen) atoms. The number of nitrogens with one attached hydrogen (secondary N) is 1. The summed E-state index contributed by atoms with van der Waals surface area (Å²) in [7, 11) is 1.64. The van der Waals surface area contributed by atoms with Crippen LogP contribution in [0.3, 0.4) is 0 Å². The Kier molecular flexibility index (Phi) is 6.12. The van der Waals surface area contributed by atoms with Gasteiger partial charge in [0, 0.05) is 37.1 Å². The molecule has 3 heterocycles. The monoisotopic (exact) mass is 496 g/mol. The van der Waals surface area contributed by atoms with Crippen LogP contribution in [-0.2, 0) is 11.8 Å². The summed E-state index contributed by atoms with van der Waals surface area (Å²) in [6.45, 7) is 5.08. The Bertz CT molecular complexity index is 1430. The predicted molar refractivity (Wildman–Crippen MR) is 136 cm³/mol. The van der Waals surface area contributed by atoms with E-state index in [9.17, 15) is 4.79 Å². The van der Waals surface area contributed by atoms with Gasteiger partial charge in [0.25, 0.3) is 5.56 Å². The fraction of sp³-hybridized carbons (Fsp3) is 0.250. The van der Waals surface area contributed by atoms with Gasteiger partial charge in [0.15, 0.2) is 5.65 Å². The van der Waals surface area contributed by atoms with Crippen LogP contribution in [0.15, 0.2) is 47.4 Å². The summed E-state index contributed by atoms with van der Waals surface area (Å²) in [6, 6.07) is 11.5. The van der Waals surface area contributed by atoms with Gasteiger partial charge >= 0.3 is 0 Å². The highest BCUT2D eigenvalue weighted by Gasteiger charge is 2.19. The van der Waals surface area contributed by atoms with E-state index in [-0.39, 0.29) is 11.3 Å². The van der Waals surface area contributed by atoms with E-state index >= 15 is 0 Å². The van der Waals surface area contributed by atoms with Crippen LogP contribution in [0.5, 0.6) is 0 Å². The van der Waals surface area contributed by atoms with Crippen molar-refractivity contribution in [2.24, 2.45) is 7.05 Å². The van der Waals surface area contributed by atoms with Gasteiger partial charge in [0.2, 0.25) is 5.95 Å². The molecule has 0 radical (unpaired) electrons. The molecule has 0 bridgehead atoms. The van der Waals surface area contributed by atoms with Gasteiger partial charge in [-0.2, -0.15) is 4.98 Å². The Hall–Kier alpha value is -3.20. The third-order valence-electron chi connectivity index (χ3n) is 5.83. The summed E-state index contributed by atoms with van der Waals surface area (Å²) >= 11 is 12.8. The molecular formula is C24H22Cl2N6O2. The molecule has 8 nitrogen and oxygen atoms in total. The van der Waals surface area contributed by atoms with Crippen LogP contribution in [0.1, 0.15) is 5.56 Å². The number of rotatable bonds is 4. The lowest BCUT2D eigenvalue weighted by Gasteiger charge is -2.28. The number of aromatic nitrogens is 4. The highest BCUT2D eigenvalue weighted by molar-refractivity contribution is 6.39. The number of ether oxygens (including phenoxy) is 1. The van der Waals surface area contributed by atoms with Crippen LogP contribution < -0.4 is 15.8 Å². The van der Waals surface area contributed by atoms with Crippen LogP contribution in [-0.4, -0.2) is 45.8 Å². The van der Waals surface area contributed by atoms with Crippen molar-refractivity contribution in [1.29, 1.82) is 0 Å². The molecular weight excluding hydrogens is 475 g/mol. The Morgan fingerprint density at radius 3 is 2.50 bits per heavy atom. The number of fused-ring (bicyclic) bond motifs is 1. The number of anilines is 3. The predicted octanol–water partition coefficient (Wildman–Crippen LogP) is 4.59. The second-order valence-electron chi connectivity index (χ2n) is 8.05. The first-order valence-electron chi connectivity index (χ1n) is 10.8. The zero-order valence-electron chi connectivity index (χ0n) is 18.7. The largest absolute Gasteiger partial charge is 0.378 e. The molecule has 1 saturated heterocycles. The van der Waals surface area contributed by atoms with Gasteiger partial charge in [0.1, 0.15) is 11.2 Å². The average Bonchev–Trinajstić information content (AvgIpc) is 2.86. The van der Waals surface area contributed by atoms with Crippen LogP contribution in [0.4, 0.5) is 17.3 Å². The van der Waals surface area contributed by atoms with Crippen molar-refractivity contribution in [1.82, 2.24) is 19.5 Å². The first kappa shape index (κ1) is 22.6. The zero-order chi connectivity index (χ0) is 23.8. The van der Waals surface area contributed by atoms with Crippen LogP contribution in [0.2, 0.25) is 10.0 Å². The molecule has 1 fully saturated rings. The number of morpholine rings is 1. The summed E-state index contributed by atoms with van der Waals surface area (Å²) in [5.41, 5.74) is 3.87.